The maximum atomic E-state index is 11.9. The highest BCUT2D eigenvalue weighted by Gasteiger charge is 2.38. The number of fused-ring (bicyclic) bond motifs is 1. The normalized spacial score (nSPS) is 21.3. The summed E-state index contributed by atoms with van der Waals surface area (Å²) in [6.45, 7) is 1.59. The Balaban J connectivity index is 2.19. The van der Waals surface area contributed by atoms with Crippen molar-refractivity contribution in [1.82, 2.24) is 0 Å². The van der Waals surface area contributed by atoms with Crippen LogP contribution in [0.15, 0.2) is 21.3 Å². The van der Waals surface area contributed by atoms with Crippen LogP contribution in [0.25, 0.3) is 10.8 Å². The van der Waals surface area contributed by atoms with Gasteiger partial charge in [0.15, 0.2) is 6.10 Å². The number of carbonyl (C=O) groups excluding carboxylic acids is 1. The predicted molar refractivity (Wildman–Crippen MR) is 74.8 cm³/mol. The number of phenolic OH excluding ortho intramolecular Hbond substituents is 2. The summed E-state index contributed by atoms with van der Waals surface area (Å²) >= 11 is 0. The van der Waals surface area contributed by atoms with E-state index in [1.165, 1.54) is 19.2 Å². The van der Waals surface area contributed by atoms with Crippen LogP contribution >= 0.6 is 0 Å². The molecular formula is C15H14O7. The second kappa shape index (κ2) is 5.03. The van der Waals surface area contributed by atoms with E-state index in [-0.39, 0.29) is 23.1 Å². The first-order chi connectivity index (χ1) is 10.4. The van der Waals surface area contributed by atoms with Crippen molar-refractivity contribution in [2.75, 3.05) is 7.11 Å². The van der Waals surface area contributed by atoms with Crippen molar-refractivity contribution in [2.45, 2.75) is 25.6 Å². The minimum Gasteiger partial charge on any atom is -0.507 e. The van der Waals surface area contributed by atoms with Gasteiger partial charge >= 0.3 is 11.6 Å². The lowest BCUT2D eigenvalue weighted by atomic mass is 9.99. The molecule has 0 amide bonds. The lowest BCUT2D eigenvalue weighted by Crippen LogP contribution is -2.15. The molecule has 1 aromatic heterocycles. The van der Waals surface area contributed by atoms with Crippen molar-refractivity contribution in [3.05, 3.63) is 33.9 Å². The number of hydrogen-bond acceptors (Lipinski definition) is 7. The van der Waals surface area contributed by atoms with Crippen LogP contribution in [0.2, 0.25) is 0 Å². The molecular weight excluding hydrogens is 292 g/mol. The zero-order valence-electron chi connectivity index (χ0n) is 12.0. The molecule has 0 spiro atoms. The molecule has 0 radical (unpaired) electrons. The summed E-state index contributed by atoms with van der Waals surface area (Å²) < 4.78 is 15.0. The van der Waals surface area contributed by atoms with Crippen LogP contribution in [-0.4, -0.2) is 29.4 Å². The van der Waals surface area contributed by atoms with E-state index in [4.69, 9.17) is 13.9 Å². The molecule has 1 fully saturated rings. The van der Waals surface area contributed by atoms with Crippen molar-refractivity contribution in [3.63, 3.8) is 0 Å². The van der Waals surface area contributed by atoms with Gasteiger partial charge in [-0.25, -0.2) is 9.59 Å². The summed E-state index contributed by atoms with van der Waals surface area (Å²) in [6, 6.07) is 2.86. The van der Waals surface area contributed by atoms with Crippen molar-refractivity contribution in [3.8, 4) is 11.5 Å². The van der Waals surface area contributed by atoms with E-state index in [0.29, 0.717) is 11.1 Å². The van der Waals surface area contributed by atoms with Crippen molar-refractivity contribution in [2.24, 2.45) is 0 Å². The molecule has 7 heteroatoms. The lowest BCUT2D eigenvalue weighted by molar-refractivity contribution is -0.148. The van der Waals surface area contributed by atoms with E-state index in [1.54, 1.807) is 6.92 Å². The highest BCUT2D eigenvalue weighted by atomic mass is 16.6. The molecule has 1 aliphatic rings. The van der Waals surface area contributed by atoms with Crippen LogP contribution in [0.5, 0.6) is 11.5 Å². The SMILES string of the molecule is CO[C@@H]1C[C@H](c2c(O)cc3cc(C)oc(=O)c3c2O)OC1=O. The third-order valence-corrected chi connectivity index (χ3v) is 3.72. The number of aryl methyl sites for hydroxylation is 1. The van der Waals surface area contributed by atoms with Crippen LogP contribution in [0, 0.1) is 6.92 Å². The molecule has 1 aliphatic heterocycles. The molecule has 2 atom stereocenters. The smallest absolute Gasteiger partial charge is 0.347 e. The Hall–Kier alpha value is -2.54. The van der Waals surface area contributed by atoms with E-state index in [1.807, 2.05) is 0 Å². The van der Waals surface area contributed by atoms with Gasteiger partial charge in [-0.15, -0.1) is 0 Å². The second-order valence-corrected chi connectivity index (χ2v) is 5.15. The molecule has 7 nitrogen and oxygen atoms in total. The third kappa shape index (κ3) is 2.10. The van der Waals surface area contributed by atoms with Gasteiger partial charge in [0.05, 0.1) is 5.56 Å². The Morgan fingerprint density at radius 1 is 1.27 bits per heavy atom. The molecule has 1 saturated heterocycles. The van der Waals surface area contributed by atoms with Gasteiger partial charge in [0, 0.05) is 13.5 Å². The molecule has 0 saturated carbocycles. The first-order valence-corrected chi connectivity index (χ1v) is 6.65. The van der Waals surface area contributed by atoms with Crippen molar-refractivity contribution >= 4 is 16.7 Å². The molecule has 22 heavy (non-hydrogen) atoms. The summed E-state index contributed by atoms with van der Waals surface area (Å²) in [4.78, 5) is 23.5. The van der Waals surface area contributed by atoms with Gasteiger partial charge in [-0.1, -0.05) is 0 Å². The highest BCUT2D eigenvalue weighted by molar-refractivity contribution is 5.91. The van der Waals surface area contributed by atoms with Crippen LogP contribution in [0.1, 0.15) is 23.8 Å². The summed E-state index contributed by atoms with van der Waals surface area (Å²) in [5.74, 6) is -0.930. The maximum Gasteiger partial charge on any atom is 0.347 e. The Morgan fingerprint density at radius 2 is 2.00 bits per heavy atom. The van der Waals surface area contributed by atoms with Crippen molar-refractivity contribution in [1.29, 1.82) is 0 Å². The van der Waals surface area contributed by atoms with Gasteiger partial charge < -0.3 is 24.1 Å². The monoisotopic (exact) mass is 306 g/mol. The van der Waals surface area contributed by atoms with Crippen LogP contribution in [0.4, 0.5) is 0 Å². The summed E-state index contributed by atoms with van der Waals surface area (Å²) in [7, 11) is 1.37. The number of hydrogen-bond donors (Lipinski definition) is 2. The van der Waals surface area contributed by atoms with E-state index in [2.05, 4.69) is 0 Å². The first kappa shape index (κ1) is 14.4. The Labute approximate surface area is 124 Å². The number of carbonyl (C=O) groups is 1. The average molecular weight is 306 g/mol. The Kier molecular flexibility index (Phi) is 3.29. The van der Waals surface area contributed by atoms with Gasteiger partial charge in [0.1, 0.15) is 28.7 Å². The quantitative estimate of drug-likeness (QED) is 0.810. The minimum atomic E-state index is -0.887. The van der Waals surface area contributed by atoms with Crippen LogP contribution < -0.4 is 5.63 Å². The van der Waals surface area contributed by atoms with Gasteiger partial charge in [-0.2, -0.15) is 0 Å². The van der Waals surface area contributed by atoms with E-state index >= 15 is 0 Å². The number of rotatable bonds is 2. The van der Waals surface area contributed by atoms with Crippen LogP contribution in [0.3, 0.4) is 0 Å². The second-order valence-electron chi connectivity index (χ2n) is 5.15. The number of ether oxygens (including phenoxy) is 2. The summed E-state index contributed by atoms with van der Waals surface area (Å²) in [5.41, 5.74) is -0.738. The van der Waals surface area contributed by atoms with Crippen LogP contribution in [-0.2, 0) is 14.3 Å². The molecule has 3 rings (SSSR count). The Bertz CT molecular complexity index is 821. The van der Waals surface area contributed by atoms with E-state index in [9.17, 15) is 19.8 Å². The standard InChI is InChI=1S/C15H14O7/c1-6-3-7-4-8(16)12(13(17)11(7)15(19)21-6)9-5-10(20-2)14(18)22-9/h3-4,9-10,16-17H,5H2,1-2H3/t9-,10-/m1/s1. The topological polar surface area (TPSA) is 106 Å². The minimum absolute atomic E-state index is 0.0171. The molecule has 1 aromatic carbocycles. The van der Waals surface area contributed by atoms with Gasteiger partial charge in [0.2, 0.25) is 0 Å². The lowest BCUT2D eigenvalue weighted by Gasteiger charge is -2.14. The fourth-order valence-electron chi connectivity index (χ4n) is 2.71. The fraction of sp³-hybridized carbons (Fsp3) is 0.333. The van der Waals surface area contributed by atoms with Gasteiger partial charge in [-0.3, -0.25) is 0 Å². The molecule has 116 valence electrons. The zero-order chi connectivity index (χ0) is 16.0. The number of methoxy groups -OCH3 is 1. The third-order valence-electron chi connectivity index (χ3n) is 3.72. The largest absolute Gasteiger partial charge is 0.507 e. The number of cyclic esters (lactones) is 1. The molecule has 2 N–H and O–H groups in total. The highest BCUT2D eigenvalue weighted by Crippen LogP contribution is 2.43. The summed E-state index contributed by atoms with van der Waals surface area (Å²) in [5, 5.41) is 20.8. The summed E-state index contributed by atoms with van der Waals surface area (Å²) in [6.07, 6.45) is -1.52. The van der Waals surface area contributed by atoms with E-state index < -0.39 is 29.6 Å². The van der Waals surface area contributed by atoms with Crippen molar-refractivity contribution < 1.29 is 28.9 Å². The van der Waals surface area contributed by atoms with E-state index in [0.717, 1.165) is 0 Å². The average Bonchev–Trinajstić information content (AvgIpc) is 2.78. The first-order valence-electron chi connectivity index (χ1n) is 6.65. The molecule has 0 aliphatic carbocycles. The van der Waals surface area contributed by atoms with Gasteiger partial charge in [0.25, 0.3) is 0 Å². The fourth-order valence-corrected chi connectivity index (χ4v) is 2.71. The molecule has 0 bridgehead atoms. The molecule has 2 aromatic rings. The molecule has 2 heterocycles. The van der Waals surface area contributed by atoms with Gasteiger partial charge in [-0.05, 0) is 24.4 Å². The number of phenols is 2. The Morgan fingerprint density at radius 3 is 2.64 bits per heavy atom. The zero-order valence-corrected chi connectivity index (χ0v) is 12.0. The maximum absolute atomic E-state index is 11.9. The predicted octanol–water partition coefficient (Wildman–Crippen LogP) is 1.52. The number of aromatic hydroxyl groups is 2. The number of esters is 1. The number of benzene rings is 1. The molecule has 0 unspecified atom stereocenters.